The van der Waals surface area contributed by atoms with E-state index < -0.39 is 5.97 Å². The van der Waals surface area contributed by atoms with E-state index in [1.165, 1.54) is 103 Å². The first-order valence-corrected chi connectivity index (χ1v) is 18.8. The van der Waals surface area contributed by atoms with Crippen LogP contribution in [0, 0.1) is 5.92 Å². The lowest BCUT2D eigenvalue weighted by Crippen LogP contribution is -2.40. The Kier molecular flexibility index (Phi) is 32.0. The first-order valence-electron chi connectivity index (χ1n) is 18.8. The number of unbranched alkanes of at least 4 members (excludes halogenated alkanes) is 13. The fourth-order valence-electron chi connectivity index (χ4n) is 5.49. The maximum absolute atomic E-state index is 6.24. The van der Waals surface area contributed by atoms with Crippen LogP contribution in [0.4, 0.5) is 0 Å². The molecular weight excluding hydrogens is 524 g/mol. The van der Waals surface area contributed by atoms with Crippen molar-refractivity contribution in [3.63, 3.8) is 0 Å². The molecule has 0 bridgehead atoms. The lowest BCUT2D eigenvalue weighted by Gasteiger charge is -2.33. The van der Waals surface area contributed by atoms with Crippen LogP contribution in [0.1, 0.15) is 189 Å². The van der Waals surface area contributed by atoms with Crippen LogP contribution >= 0.6 is 0 Å². The zero-order valence-corrected chi connectivity index (χ0v) is 29.5. The normalized spacial score (nSPS) is 12.9. The summed E-state index contributed by atoms with van der Waals surface area (Å²) in [4.78, 5) is 0. The van der Waals surface area contributed by atoms with Crippen LogP contribution in [0.5, 0.6) is 0 Å². The summed E-state index contributed by atoms with van der Waals surface area (Å²) in [5, 5.41) is 0. The summed E-state index contributed by atoms with van der Waals surface area (Å²) in [7, 11) is 0. The van der Waals surface area contributed by atoms with Crippen LogP contribution in [-0.4, -0.2) is 45.3 Å². The molecule has 1 unspecified atom stereocenters. The standard InChI is InChI=1S/C37H76O5/c1-7-13-14-15-18-21-24-27-35(36(38-30-8-2)39-31-9-3)28-25-22-19-16-17-20-23-26-29-37(40-32-10-4,41-33-11-5)42-34-12-6/h35-36H,7-34H2,1-6H3. The lowest BCUT2D eigenvalue weighted by atomic mass is 9.93. The first-order chi connectivity index (χ1) is 20.6. The Morgan fingerprint density at radius 2 is 0.738 bits per heavy atom. The highest BCUT2D eigenvalue weighted by molar-refractivity contribution is 4.66. The molecule has 5 nitrogen and oxygen atoms in total. The molecule has 0 heterocycles. The summed E-state index contributed by atoms with van der Waals surface area (Å²) in [5.41, 5.74) is 0. The topological polar surface area (TPSA) is 46.2 Å². The smallest absolute Gasteiger partial charge is 0.282 e. The molecule has 0 aliphatic carbocycles. The van der Waals surface area contributed by atoms with Crippen molar-refractivity contribution in [2.75, 3.05) is 33.0 Å². The van der Waals surface area contributed by atoms with Crippen LogP contribution in [0.15, 0.2) is 0 Å². The largest absolute Gasteiger partial charge is 0.352 e. The van der Waals surface area contributed by atoms with Gasteiger partial charge >= 0.3 is 0 Å². The van der Waals surface area contributed by atoms with Crippen molar-refractivity contribution < 1.29 is 23.7 Å². The van der Waals surface area contributed by atoms with E-state index in [1.54, 1.807) is 0 Å². The average molecular weight is 601 g/mol. The first kappa shape index (κ1) is 41.8. The molecule has 0 saturated heterocycles. The fourth-order valence-corrected chi connectivity index (χ4v) is 5.49. The van der Waals surface area contributed by atoms with Gasteiger partial charge in [0, 0.05) is 25.6 Å². The van der Waals surface area contributed by atoms with E-state index in [0.29, 0.717) is 25.7 Å². The maximum atomic E-state index is 6.24. The third-order valence-corrected chi connectivity index (χ3v) is 7.92. The van der Waals surface area contributed by atoms with Gasteiger partial charge in [0.25, 0.3) is 5.97 Å². The molecule has 0 radical (unpaired) electrons. The highest BCUT2D eigenvalue weighted by Crippen LogP contribution is 2.27. The van der Waals surface area contributed by atoms with Crippen LogP contribution in [-0.2, 0) is 23.7 Å². The molecule has 0 aromatic carbocycles. The molecule has 0 N–H and O–H groups in total. The molecule has 0 rings (SSSR count). The molecule has 0 aliphatic heterocycles. The van der Waals surface area contributed by atoms with Gasteiger partial charge in [-0.1, -0.05) is 131 Å². The van der Waals surface area contributed by atoms with E-state index >= 15 is 0 Å². The van der Waals surface area contributed by atoms with Gasteiger partial charge in [0.05, 0.1) is 19.8 Å². The van der Waals surface area contributed by atoms with Crippen LogP contribution in [0.3, 0.4) is 0 Å². The van der Waals surface area contributed by atoms with Gasteiger partial charge in [0.15, 0.2) is 6.29 Å². The lowest BCUT2D eigenvalue weighted by molar-refractivity contribution is -0.383. The van der Waals surface area contributed by atoms with E-state index in [1.807, 2.05) is 0 Å². The van der Waals surface area contributed by atoms with Gasteiger partial charge in [-0.3, -0.25) is 0 Å². The molecule has 42 heavy (non-hydrogen) atoms. The molecule has 0 aliphatic rings. The van der Waals surface area contributed by atoms with Gasteiger partial charge in [-0.15, -0.1) is 0 Å². The third-order valence-electron chi connectivity index (χ3n) is 7.92. The molecule has 0 aromatic rings. The Balaban J connectivity index is 4.42. The summed E-state index contributed by atoms with van der Waals surface area (Å²) in [6, 6.07) is 0. The Hall–Kier alpha value is -0.200. The zero-order valence-electron chi connectivity index (χ0n) is 29.5. The summed E-state index contributed by atoms with van der Waals surface area (Å²) in [6.45, 7) is 16.8. The highest BCUT2D eigenvalue weighted by atomic mass is 16.9. The second kappa shape index (κ2) is 32.2. The second-order valence-corrected chi connectivity index (χ2v) is 12.4. The Bertz CT molecular complexity index is 485. The van der Waals surface area contributed by atoms with Crippen molar-refractivity contribution in [1.82, 2.24) is 0 Å². The van der Waals surface area contributed by atoms with Gasteiger partial charge < -0.3 is 23.7 Å². The van der Waals surface area contributed by atoms with Gasteiger partial charge in [0.2, 0.25) is 0 Å². The van der Waals surface area contributed by atoms with Crippen molar-refractivity contribution in [2.24, 2.45) is 5.92 Å². The Morgan fingerprint density at radius 1 is 0.381 bits per heavy atom. The van der Waals surface area contributed by atoms with Gasteiger partial charge in [0.1, 0.15) is 0 Å². The van der Waals surface area contributed by atoms with E-state index in [4.69, 9.17) is 23.7 Å². The van der Waals surface area contributed by atoms with Gasteiger partial charge in [-0.05, 0) is 51.4 Å². The molecule has 0 fully saturated rings. The monoisotopic (exact) mass is 601 g/mol. The minimum atomic E-state index is -0.840. The SMILES string of the molecule is CCCCCCCCCC(CCCCCCCCCCC(OCCC)(OCCC)OCCC)C(OCCC)OCCC. The van der Waals surface area contributed by atoms with Crippen molar-refractivity contribution in [3.8, 4) is 0 Å². The summed E-state index contributed by atoms with van der Waals surface area (Å²) in [5.74, 6) is -0.300. The van der Waals surface area contributed by atoms with Crippen LogP contribution < -0.4 is 0 Å². The van der Waals surface area contributed by atoms with Gasteiger partial charge in [-0.25, -0.2) is 0 Å². The number of hydrogen-bond acceptors (Lipinski definition) is 5. The zero-order chi connectivity index (χ0) is 31.0. The molecular formula is C37H76O5. The second-order valence-electron chi connectivity index (χ2n) is 12.4. The van der Waals surface area contributed by atoms with Crippen molar-refractivity contribution in [1.29, 1.82) is 0 Å². The minimum Gasteiger partial charge on any atom is -0.352 e. The molecule has 254 valence electrons. The predicted molar refractivity (Wildman–Crippen MR) is 180 cm³/mol. The molecule has 5 heteroatoms. The van der Waals surface area contributed by atoms with Crippen LogP contribution in [0.25, 0.3) is 0 Å². The van der Waals surface area contributed by atoms with Crippen molar-refractivity contribution in [2.45, 2.75) is 201 Å². The van der Waals surface area contributed by atoms with Crippen LogP contribution in [0.2, 0.25) is 0 Å². The van der Waals surface area contributed by atoms with E-state index in [-0.39, 0.29) is 6.29 Å². The molecule has 1 atom stereocenters. The molecule has 0 spiro atoms. The summed E-state index contributed by atoms with van der Waals surface area (Å²) < 4.78 is 30.8. The molecule has 0 amide bonds. The highest BCUT2D eigenvalue weighted by Gasteiger charge is 2.32. The molecule has 0 saturated carbocycles. The quantitative estimate of drug-likeness (QED) is 0.0535. The fraction of sp³-hybridized carbons (Fsp3) is 1.00. The van der Waals surface area contributed by atoms with E-state index in [9.17, 15) is 0 Å². The average Bonchev–Trinajstić information content (AvgIpc) is 3.01. The summed E-state index contributed by atoms with van der Waals surface area (Å²) >= 11 is 0. The van der Waals surface area contributed by atoms with Crippen molar-refractivity contribution >= 4 is 0 Å². The molecule has 0 aromatic heterocycles. The summed E-state index contributed by atoms with van der Waals surface area (Å²) in [6.07, 6.45) is 28.1. The van der Waals surface area contributed by atoms with E-state index in [0.717, 1.165) is 58.2 Å². The maximum Gasteiger partial charge on any atom is 0.282 e. The Labute approximate surface area is 263 Å². The number of rotatable bonds is 35. The van der Waals surface area contributed by atoms with Crippen molar-refractivity contribution in [3.05, 3.63) is 0 Å². The number of hydrogen-bond donors (Lipinski definition) is 0. The minimum absolute atomic E-state index is 0.0129. The number of ether oxygens (including phenoxy) is 5. The van der Waals surface area contributed by atoms with Gasteiger partial charge in [-0.2, -0.15) is 0 Å². The van der Waals surface area contributed by atoms with E-state index in [2.05, 4.69) is 41.5 Å². The Morgan fingerprint density at radius 3 is 1.12 bits per heavy atom. The predicted octanol–water partition coefficient (Wildman–Crippen LogP) is 11.8. The third kappa shape index (κ3) is 24.2.